The van der Waals surface area contributed by atoms with Crippen molar-refractivity contribution in [3.8, 4) is 5.75 Å². The zero-order valence-corrected chi connectivity index (χ0v) is 13.7. The Morgan fingerprint density at radius 3 is 2.70 bits per heavy atom. The van der Waals surface area contributed by atoms with Crippen LogP contribution in [0.3, 0.4) is 0 Å². The molecule has 0 bridgehead atoms. The van der Waals surface area contributed by atoms with Gasteiger partial charge in [0.2, 0.25) is 0 Å². The Morgan fingerprint density at radius 1 is 1.40 bits per heavy atom. The van der Waals surface area contributed by atoms with Crippen molar-refractivity contribution in [1.82, 2.24) is 5.32 Å². The smallest absolute Gasteiger partial charge is 0.260 e. The summed E-state index contributed by atoms with van der Waals surface area (Å²) < 4.78 is 6.41. The zero-order chi connectivity index (χ0) is 15.1. The highest BCUT2D eigenvalue weighted by molar-refractivity contribution is 9.10. The third-order valence-corrected chi connectivity index (χ3v) is 3.66. The van der Waals surface area contributed by atoms with E-state index in [9.17, 15) is 9.90 Å². The number of amides is 1. The molecule has 1 atom stereocenters. The molecule has 0 radical (unpaired) electrons. The van der Waals surface area contributed by atoms with Crippen molar-refractivity contribution in [2.75, 3.05) is 6.54 Å². The molecule has 0 heterocycles. The van der Waals surface area contributed by atoms with Gasteiger partial charge < -0.3 is 15.2 Å². The van der Waals surface area contributed by atoms with Gasteiger partial charge in [-0.25, -0.2) is 0 Å². The summed E-state index contributed by atoms with van der Waals surface area (Å²) in [6, 6.07) is 5.29. The summed E-state index contributed by atoms with van der Waals surface area (Å²) in [5.41, 5.74) is 0.731. The van der Waals surface area contributed by atoms with Crippen LogP contribution in [0.15, 0.2) is 22.7 Å². The summed E-state index contributed by atoms with van der Waals surface area (Å²) in [6.07, 6.45) is 0.390. The molecule has 0 aliphatic heterocycles. The Morgan fingerprint density at radius 2 is 2.10 bits per heavy atom. The number of hydrogen-bond donors (Lipinski definition) is 2. The summed E-state index contributed by atoms with van der Waals surface area (Å²) in [5.74, 6) is 1.01. The lowest BCUT2D eigenvalue weighted by atomic mass is 10.1. The van der Waals surface area contributed by atoms with E-state index in [0.29, 0.717) is 18.2 Å². The van der Waals surface area contributed by atoms with Crippen LogP contribution < -0.4 is 10.1 Å². The molecule has 0 saturated heterocycles. The van der Waals surface area contributed by atoms with Crippen LogP contribution >= 0.6 is 15.9 Å². The number of carbonyl (C=O) groups is 1. The molecule has 1 aromatic rings. The van der Waals surface area contributed by atoms with Crippen LogP contribution in [0.1, 0.15) is 32.8 Å². The molecule has 0 aliphatic carbocycles. The molecule has 0 fully saturated rings. The lowest BCUT2D eigenvalue weighted by Crippen LogP contribution is -2.37. The third kappa shape index (κ3) is 5.51. The fourth-order valence-electron chi connectivity index (χ4n) is 1.63. The summed E-state index contributed by atoms with van der Waals surface area (Å²) in [6.45, 7) is 6.53. The van der Waals surface area contributed by atoms with Gasteiger partial charge in [-0.1, -0.05) is 29.8 Å². The van der Waals surface area contributed by atoms with Crippen LogP contribution in [-0.4, -0.2) is 23.7 Å². The minimum absolute atomic E-state index is 0.0766. The second kappa shape index (κ2) is 8.27. The fraction of sp³-hybridized carbons (Fsp3) is 0.533. The van der Waals surface area contributed by atoms with Gasteiger partial charge in [0.15, 0.2) is 6.10 Å². The van der Waals surface area contributed by atoms with E-state index in [2.05, 4.69) is 35.1 Å². The quantitative estimate of drug-likeness (QED) is 0.800. The molecule has 20 heavy (non-hydrogen) atoms. The van der Waals surface area contributed by atoms with E-state index in [-0.39, 0.29) is 12.5 Å². The maximum Gasteiger partial charge on any atom is 0.260 e. The second-order valence-corrected chi connectivity index (χ2v) is 6.00. The van der Waals surface area contributed by atoms with E-state index in [1.54, 1.807) is 25.1 Å². The third-order valence-electron chi connectivity index (χ3n) is 2.89. The predicted octanol–water partition coefficient (Wildman–Crippen LogP) is 2.87. The average molecular weight is 344 g/mol. The van der Waals surface area contributed by atoms with Crippen LogP contribution in [0.5, 0.6) is 5.75 Å². The maximum atomic E-state index is 11.9. The van der Waals surface area contributed by atoms with Gasteiger partial charge in [-0.2, -0.15) is 0 Å². The van der Waals surface area contributed by atoms with Crippen molar-refractivity contribution in [1.29, 1.82) is 0 Å². The summed E-state index contributed by atoms with van der Waals surface area (Å²) >= 11 is 3.34. The highest BCUT2D eigenvalue weighted by atomic mass is 79.9. The predicted molar refractivity (Wildman–Crippen MR) is 82.6 cm³/mol. The van der Waals surface area contributed by atoms with Gasteiger partial charge in [0.05, 0.1) is 6.61 Å². The van der Waals surface area contributed by atoms with Gasteiger partial charge in [-0.3, -0.25) is 4.79 Å². The molecule has 0 aliphatic rings. The van der Waals surface area contributed by atoms with E-state index in [1.807, 2.05) is 0 Å². The largest absolute Gasteiger partial charge is 0.481 e. The molecule has 1 rings (SSSR count). The number of aliphatic hydroxyl groups excluding tert-OH is 1. The molecular weight excluding hydrogens is 322 g/mol. The topological polar surface area (TPSA) is 58.6 Å². The standard InChI is InChI=1S/C15H22BrNO3/c1-10(2)6-7-17-15(19)11(3)20-13-4-5-14(16)12(8-13)9-18/h4-5,8,10-11,18H,6-7,9H2,1-3H3,(H,17,19). The van der Waals surface area contributed by atoms with Crippen molar-refractivity contribution in [2.45, 2.75) is 39.9 Å². The Hall–Kier alpha value is -1.07. The van der Waals surface area contributed by atoms with Crippen LogP contribution in [0, 0.1) is 5.92 Å². The van der Waals surface area contributed by atoms with Crippen molar-refractivity contribution >= 4 is 21.8 Å². The second-order valence-electron chi connectivity index (χ2n) is 5.14. The first kappa shape index (κ1) is 17.0. The van der Waals surface area contributed by atoms with Gasteiger partial charge in [-0.15, -0.1) is 0 Å². The molecule has 1 amide bonds. The Bertz CT molecular complexity index is 449. The van der Waals surface area contributed by atoms with E-state index in [0.717, 1.165) is 16.5 Å². The summed E-state index contributed by atoms with van der Waals surface area (Å²) in [7, 11) is 0. The van der Waals surface area contributed by atoms with Crippen LogP contribution in [0.25, 0.3) is 0 Å². The van der Waals surface area contributed by atoms with Crippen LogP contribution in [-0.2, 0) is 11.4 Å². The number of rotatable bonds is 7. The van der Waals surface area contributed by atoms with Crippen molar-refractivity contribution in [3.63, 3.8) is 0 Å². The molecule has 1 aromatic carbocycles. The van der Waals surface area contributed by atoms with Gasteiger partial charge >= 0.3 is 0 Å². The molecule has 112 valence electrons. The molecule has 5 heteroatoms. The van der Waals surface area contributed by atoms with Gasteiger partial charge in [0, 0.05) is 11.0 Å². The molecule has 0 aromatic heterocycles. The molecule has 0 saturated carbocycles. The highest BCUT2D eigenvalue weighted by Crippen LogP contribution is 2.23. The number of hydrogen-bond acceptors (Lipinski definition) is 3. The van der Waals surface area contributed by atoms with Crippen molar-refractivity contribution < 1.29 is 14.6 Å². The lowest BCUT2D eigenvalue weighted by molar-refractivity contribution is -0.127. The number of halogens is 1. The Balaban J connectivity index is 2.52. The Kier molecular flexibility index (Phi) is 7.02. The van der Waals surface area contributed by atoms with Gasteiger partial charge in [0.25, 0.3) is 5.91 Å². The maximum absolute atomic E-state index is 11.9. The lowest BCUT2D eigenvalue weighted by Gasteiger charge is -2.16. The number of ether oxygens (including phenoxy) is 1. The van der Waals surface area contributed by atoms with Crippen molar-refractivity contribution in [3.05, 3.63) is 28.2 Å². The number of carbonyl (C=O) groups excluding carboxylic acids is 1. The number of benzene rings is 1. The van der Waals surface area contributed by atoms with Crippen LogP contribution in [0.2, 0.25) is 0 Å². The molecule has 2 N–H and O–H groups in total. The molecule has 1 unspecified atom stereocenters. The van der Waals surface area contributed by atoms with Crippen molar-refractivity contribution in [2.24, 2.45) is 5.92 Å². The van der Waals surface area contributed by atoms with E-state index in [1.165, 1.54) is 0 Å². The first-order valence-electron chi connectivity index (χ1n) is 6.77. The van der Waals surface area contributed by atoms with E-state index in [4.69, 9.17) is 4.74 Å². The van der Waals surface area contributed by atoms with Gasteiger partial charge in [-0.05, 0) is 43.0 Å². The SMILES string of the molecule is CC(C)CCNC(=O)C(C)Oc1ccc(Br)c(CO)c1. The fourth-order valence-corrected chi connectivity index (χ4v) is 2.00. The Labute approximate surface area is 128 Å². The minimum Gasteiger partial charge on any atom is -0.481 e. The number of nitrogens with one attached hydrogen (secondary N) is 1. The first-order valence-corrected chi connectivity index (χ1v) is 7.57. The number of aliphatic hydroxyl groups is 1. The van der Waals surface area contributed by atoms with Gasteiger partial charge in [0.1, 0.15) is 5.75 Å². The van der Waals surface area contributed by atoms with Crippen LogP contribution in [0.4, 0.5) is 0 Å². The average Bonchev–Trinajstić information content (AvgIpc) is 2.40. The molecule has 0 spiro atoms. The first-order chi connectivity index (χ1) is 9.43. The molecular formula is C15H22BrNO3. The summed E-state index contributed by atoms with van der Waals surface area (Å²) in [4.78, 5) is 11.9. The normalized spacial score (nSPS) is 12.3. The summed E-state index contributed by atoms with van der Waals surface area (Å²) in [5, 5.41) is 12.0. The minimum atomic E-state index is -0.560. The highest BCUT2D eigenvalue weighted by Gasteiger charge is 2.14. The zero-order valence-electron chi connectivity index (χ0n) is 12.1. The van der Waals surface area contributed by atoms with E-state index >= 15 is 0 Å². The molecule has 4 nitrogen and oxygen atoms in total. The monoisotopic (exact) mass is 343 g/mol. The van der Waals surface area contributed by atoms with E-state index < -0.39 is 6.10 Å².